The molecule has 2 aromatic carbocycles. The first kappa shape index (κ1) is 17.2. The highest BCUT2D eigenvalue weighted by atomic mass is 16.4. The van der Waals surface area contributed by atoms with E-state index in [9.17, 15) is 9.90 Å². The van der Waals surface area contributed by atoms with Crippen molar-refractivity contribution in [1.82, 2.24) is 9.88 Å². The van der Waals surface area contributed by atoms with Gasteiger partial charge >= 0.3 is 5.97 Å². The van der Waals surface area contributed by atoms with E-state index in [1.807, 2.05) is 59.2 Å². The van der Waals surface area contributed by atoms with E-state index in [4.69, 9.17) is 0 Å². The molecule has 1 heterocycles. The Kier molecular flexibility index (Phi) is 5.19. The van der Waals surface area contributed by atoms with Gasteiger partial charge in [0.05, 0.1) is 0 Å². The van der Waals surface area contributed by atoms with Gasteiger partial charge in [0.15, 0.2) is 0 Å². The third-order valence-electron chi connectivity index (χ3n) is 4.70. The molecule has 1 atom stereocenters. The van der Waals surface area contributed by atoms with Crippen molar-refractivity contribution >= 4 is 16.9 Å². The van der Waals surface area contributed by atoms with Crippen LogP contribution in [0.25, 0.3) is 10.9 Å². The maximum atomic E-state index is 12.1. The molecule has 0 radical (unpaired) electrons. The Hall–Kier alpha value is -2.59. The van der Waals surface area contributed by atoms with Gasteiger partial charge in [-0.15, -0.1) is 0 Å². The molecule has 0 amide bonds. The van der Waals surface area contributed by atoms with Gasteiger partial charge in [-0.3, -0.25) is 0 Å². The van der Waals surface area contributed by atoms with Gasteiger partial charge in [0, 0.05) is 35.6 Å². The summed E-state index contributed by atoms with van der Waals surface area (Å²) in [5, 5.41) is 14.3. The number of hydrogen-bond donors (Lipinski definition) is 2. The van der Waals surface area contributed by atoms with Crippen molar-refractivity contribution in [3.8, 4) is 0 Å². The number of aromatic nitrogens is 1. The lowest BCUT2D eigenvalue weighted by Gasteiger charge is -2.12. The van der Waals surface area contributed by atoms with Gasteiger partial charge < -0.3 is 15.0 Å². The van der Waals surface area contributed by atoms with Crippen molar-refractivity contribution in [2.75, 3.05) is 0 Å². The summed E-state index contributed by atoms with van der Waals surface area (Å²) in [4.78, 5) is 12.1. The van der Waals surface area contributed by atoms with E-state index in [-0.39, 0.29) is 0 Å². The average molecular weight is 336 g/mol. The second kappa shape index (κ2) is 7.53. The number of carbonyl (C=O) groups is 1. The first-order valence-corrected chi connectivity index (χ1v) is 8.72. The molecule has 1 aromatic heterocycles. The molecule has 0 bridgehead atoms. The summed E-state index contributed by atoms with van der Waals surface area (Å²) >= 11 is 0. The molecule has 0 aliphatic heterocycles. The third kappa shape index (κ3) is 3.59. The van der Waals surface area contributed by atoms with Crippen LogP contribution in [0.15, 0.2) is 54.6 Å². The topological polar surface area (TPSA) is 54.3 Å². The Morgan fingerprint density at radius 2 is 1.80 bits per heavy atom. The standard InChI is InChI=1S/C21H24N2O2/c1-3-15(2)22-13-18-17-11-7-8-12-19(17)23(20(18)21(24)25)14-16-9-5-4-6-10-16/h4-12,15,22H,3,13-14H2,1-2H3,(H,24,25)/t15-/m1/s1. The Bertz CT molecular complexity index is 868. The normalized spacial score (nSPS) is 12.4. The van der Waals surface area contributed by atoms with Crippen LogP contribution >= 0.6 is 0 Å². The maximum Gasteiger partial charge on any atom is 0.352 e. The third-order valence-corrected chi connectivity index (χ3v) is 4.70. The first-order valence-electron chi connectivity index (χ1n) is 8.72. The molecule has 0 saturated carbocycles. The van der Waals surface area contributed by atoms with Crippen LogP contribution in [0.4, 0.5) is 0 Å². The van der Waals surface area contributed by atoms with E-state index in [1.165, 1.54) is 0 Å². The van der Waals surface area contributed by atoms with Crippen molar-refractivity contribution < 1.29 is 9.90 Å². The minimum Gasteiger partial charge on any atom is -0.477 e. The fourth-order valence-corrected chi connectivity index (χ4v) is 3.15. The molecule has 0 spiro atoms. The molecule has 25 heavy (non-hydrogen) atoms. The largest absolute Gasteiger partial charge is 0.477 e. The smallest absolute Gasteiger partial charge is 0.352 e. The van der Waals surface area contributed by atoms with Crippen LogP contribution in [0.3, 0.4) is 0 Å². The van der Waals surface area contributed by atoms with Gasteiger partial charge in [0.2, 0.25) is 0 Å². The molecule has 4 heteroatoms. The first-order chi connectivity index (χ1) is 12.1. The number of fused-ring (bicyclic) bond motifs is 1. The number of aromatic carboxylic acids is 1. The Morgan fingerprint density at radius 3 is 2.48 bits per heavy atom. The predicted octanol–water partition coefficient (Wildman–Crippen LogP) is 4.28. The van der Waals surface area contributed by atoms with Gasteiger partial charge in [-0.2, -0.15) is 0 Å². The number of nitrogens with one attached hydrogen (secondary N) is 1. The fourth-order valence-electron chi connectivity index (χ4n) is 3.15. The number of rotatable bonds is 7. The zero-order valence-corrected chi connectivity index (χ0v) is 14.7. The van der Waals surface area contributed by atoms with Crippen LogP contribution in [0.1, 0.15) is 41.9 Å². The zero-order valence-electron chi connectivity index (χ0n) is 14.7. The highest BCUT2D eigenvalue weighted by molar-refractivity contribution is 5.98. The van der Waals surface area contributed by atoms with Crippen molar-refractivity contribution in [3.63, 3.8) is 0 Å². The summed E-state index contributed by atoms with van der Waals surface area (Å²) in [5.41, 5.74) is 3.29. The van der Waals surface area contributed by atoms with Crippen LogP contribution < -0.4 is 5.32 Å². The van der Waals surface area contributed by atoms with Crippen LogP contribution in [-0.4, -0.2) is 21.7 Å². The fraction of sp³-hybridized carbons (Fsp3) is 0.286. The molecule has 0 aliphatic carbocycles. The Morgan fingerprint density at radius 1 is 1.12 bits per heavy atom. The molecule has 0 unspecified atom stereocenters. The maximum absolute atomic E-state index is 12.1. The Balaban J connectivity index is 2.11. The number of carboxylic acids is 1. The SMILES string of the molecule is CC[C@@H](C)NCc1c(C(=O)O)n(Cc2ccccc2)c2ccccc12. The van der Waals surface area contributed by atoms with Crippen molar-refractivity contribution in [2.45, 2.75) is 39.4 Å². The minimum atomic E-state index is -0.881. The molecule has 130 valence electrons. The number of benzene rings is 2. The molecule has 2 N–H and O–H groups in total. The highest BCUT2D eigenvalue weighted by Gasteiger charge is 2.22. The highest BCUT2D eigenvalue weighted by Crippen LogP contribution is 2.27. The minimum absolute atomic E-state index is 0.345. The summed E-state index contributed by atoms with van der Waals surface area (Å²) in [5.74, 6) is -0.881. The number of para-hydroxylation sites is 1. The van der Waals surface area contributed by atoms with E-state index < -0.39 is 5.97 Å². The van der Waals surface area contributed by atoms with Crippen LogP contribution in [-0.2, 0) is 13.1 Å². The van der Waals surface area contributed by atoms with E-state index in [0.29, 0.717) is 24.8 Å². The summed E-state index contributed by atoms with van der Waals surface area (Å²) < 4.78 is 1.92. The molecule has 0 aliphatic rings. The van der Waals surface area contributed by atoms with Crippen molar-refractivity contribution in [2.24, 2.45) is 0 Å². The summed E-state index contributed by atoms with van der Waals surface area (Å²) in [6.45, 7) is 5.34. The predicted molar refractivity (Wildman–Crippen MR) is 101 cm³/mol. The quantitative estimate of drug-likeness (QED) is 0.677. The summed E-state index contributed by atoms with van der Waals surface area (Å²) in [6.07, 6.45) is 1.01. The van der Waals surface area contributed by atoms with Crippen LogP contribution in [0.2, 0.25) is 0 Å². The molecular weight excluding hydrogens is 312 g/mol. The number of hydrogen-bond acceptors (Lipinski definition) is 2. The van der Waals surface area contributed by atoms with Crippen molar-refractivity contribution in [3.05, 3.63) is 71.4 Å². The second-order valence-corrected chi connectivity index (χ2v) is 6.41. The van der Waals surface area contributed by atoms with Gasteiger partial charge in [-0.1, -0.05) is 55.5 Å². The van der Waals surface area contributed by atoms with E-state index in [0.717, 1.165) is 28.5 Å². The second-order valence-electron chi connectivity index (χ2n) is 6.41. The summed E-state index contributed by atoms with van der Waals surface area (Å²) in [6, 6.07) is 18.3. The number of carboxylic acid groups (broad SMARTS) is 1. The van der Waals surface area contributed by atoms with E-state index >= 15 is 0 Å². The van der Waals surface area contributed by atoms with Crippen LogP contribution in [0, 0.1) is 0 Å². The molecule has 0 fully saturated rings. The average Bonchev–Trinajstić information content (AvgIpc) is 2.94. The van der Waals surface area contributed by atoms with Crippen LogP contribution in [0.5, 0.6) is 0 Å². The van der Waals surface area contributed by atoms with E-state index in [2.05, 4.69) is 19.2 Å². The molecule has 4 nitrogen and oxygen atoms in total. The molecule has 0 saturated heterocycles. The van der Waals surface area contributed by atoms with Crippen molar-refractivity contribution in [1.29, 1.82) is 0 Å². The lowest BCUT2D eigenvalue weighted by molar-refractivity contribution is 0.0684. The Labute approximate surface area is 148 Å². The van der Waals surface area contributed by atoms with Gasteiger partial charge in [-0.05, 0) is 25.0 Å². The van der Waals surface area contributed by atoms with Gasteiger partial charge in [-0.25, -0.2) is 4.79 Å². The zero-order chi connectivity index (χ0) is 17.8. The van der Waals surface area contributed by atoms with Gasteiger partial charge in [0.1, 0.15) is 5.69 Å². The summed E-state index contributed by atoms with van der Waals surface area (Å²) in [7, 11) is 0. The molecular formula is C21H24N2O2. The number of nitrogens with zero attached hydrogens (tertiary/aromatic N) is 1. The van der Waals surface area contributed by atoms with E-state index in [1.54, 1.807) is 0 Å². The lowest BCUT2D eigenvalue weighted by Crippen LogP contribution is -2.25. The lowest BCUT2D eigenvalue weighted by atomic mass is 10.1. The molecule has 3 aromatic rings. The monoisotopic (exact) mass is 336 g/mol. The molecule has 3 rings (SSSR count). The van der Waals surface area contributed by atoms with Gasteiger partial charge in [0.25, 0.3) is 0 Å².